The summed E-state index contributed by atoms with van der Waals surface area (Å²) < 4.78 is 5.69. The lowest BCUT2D eigenvalue weighted by Gasteiger charge is -2.29. The van der Waals surface area contributed by atoms with E-state index in [0.29, 0.717) is 0 Å². The van der Waals surface area contributed by atoms with Gasteiger partial charge >= 0.3 is 5.97 Å². The number of carboxylic acid groups (broad SMARTS) is 1. The van der Waals surface area contributed by atoms with E-state index in [0.717, 1.165) is 12.8 Å². The summed E-state index contributed by atoms with van der Waals surface area (Å²) in [7, 11) is 0. The van der Waals surface area contributed by atoms with Gasteiger partial charge in [-0.2, -0.15) is 0 Å². The van der Waals surface area contributed by atoms with Gasteiger partial charge in [0.2, 0.25) is 0 Å². The summed E-state index contributed by atoms with van der Waals surface area (Å²) in [6, 6.07) is 0.133. The third-order valence-corrected chi connectivity index (χ3v) is 2.99. The predicted octanol–water partition coefficient (Wildman–Crippen LogP) is 1.79. The second-order valence-corrected chi connectivity index (χ2v) is 5.15. The summed E-state index contributed by atoms with van der Waals surface area (Å²) in [5.41, 5.74) is -0.975. The van der Waals surface area contributed by atoms with Crippen LogP contribution < -0.4 is 5.32 Å². The van der Waals surface area contributed by atoms with Crippen LogP contribution in [0.5, 0.6) is 0 Å². The normalized spacial score (nSPS) is 21.2. The van der Waals surface area contributed by atoms with Crippen LogP contribution in [-0.4, -0.2) is 35.4 Å². The largest absolute Gasteiger partial charge is 0.480 e. The average molecular weight is 229 g/mol. The average Bonchev–Trinajstić information content (AvgIpc) is 2.65. The zero-order chi connectivity index (χ0) is 12.2. The van der Waals surface area contributed by atoms with Gasteiger partial charge in [-0.1, -0.05) is 12.8 Å². The van der Waals surface area contributed by atoms with Crippen LogP contribution in [0.15, 0.2) is 0 Å². The SMILES string of the molecule is CC(C)NC(C)(COC1CCCC1)C(=O)O. The highest BCUT2D eigenvalue weighted by atomic mass is 16.5. The summed E-state index contributed by atoms with van der Waals surface area (Å²) in [5.74, 6) is -0.848. The zero-order valence-corrected chi connectivity index (χ0v) is 10.5. The molecule has 1 aliphatic rings. The van der Waals surface area contributed by atoms with Crippen molar-refractivity contribution in [3.05, 3.63) is 0 Å². The molecule has 0 aromatic carbocycles. The monoisotopic (exact) mass is 229 g/mol. The number of rotatable bonds is 6. The van der Waals surface area contributed by atoms with E-state index >= 15 is 0 Å². The molecule has 0 radical (unpaired) electrons. The molecule has 1 fully saturated rings. The molecule has 0 amide bonds. The van der Waals surface area contributed by atoms with E-state index in [9.17, 15) is 9.90 Å². The lowest BCUT2D eigenvalue weighted by molar-refractivity contribution is -0.148. The predicted molar refractivity (Wildman–Crippen MR) is 62.5 cm³/mol. The van der Waals surface area contributed by atoms with E-state index in [-0.39, 0.29) is 18.8 Å². The van der Waals surface area contributed by atoms with Crippen molar-refractivity contribution in [3.63, 3.8) is 0 Å². The van der Waals surface area contributed by atoms with Crippen molar-refractivity contribution in [2.24, 2.45) is 0 Å². The van der Waals surface area contributed by atoms with Gasteiger partial charge in [-0.05, 0) is 33.6 Å². The first-order valence-electron chi connectivity index (χ1n) is 6.07. The third kappa shape index (κ3) is 3.76. The minimum Gasteiger partial charge on any atom is -0.480 e. The zero-order valence-electron chi connectivity index (χ0n) is 10.5. The third-order valence-electron chi connectivity index (χ3n) is 2.99. The maximum Gasteiger partial charge on any atom is 0.326 e. The minimum atomic E-state index is -0.975. The Morgan fingerprint density at radius 3 is 2.50 bits per heavy atom. The fourth-order valence-corrected chi connectivity index (χ4v) is 2.14. The van der Waals surface area contributed by atoms with E-state index in [4.69, 9.17) is 4.74 Å². The number of nitrogens with one attached hydrogen (secondary N) is 1. The molecule has 1 atom stereocenters. The highest BCUT2D eigenvalue weighted by Gasteiger charge is 2.35. The lowest BCUT2D eigenvalue weighted by atomic mass is 10.0. The molecule has 0 saturated heterocycles. The van der Waals surface area contributed by atoms with Crippen LogP contribution in [0, 0.1) is 0 Å². The number of carboxylic acids is 1. The second-order valence-electron chi connectivity index (χ2n) is 5.15. The van der Waals surface area contributed by atoms with Gasteiger partial charge in [0.15, 0.2) is 0 Å². The highest BCUT2D eigenvalue weighted by Crippen LogP contribution is 2.22. The molecule has 2 N–H and O–H groups in total. The molecular formula is C12H23NO3. The Labute approximate surface area is 97.4 Å². The van der Waals surface area contributed by atoms with Crippen LogP contribution >= 0.6 is 0 Å². The first-order valence-corrected chi connectivity index (χ1v) is 6.07. The molecule has 1 unspecified atom stereocenters. The molecule has 16 heavy (non-hydrogen) atoms. The Bertz CT molecular complexity index is 236. The lowest BCUT2D eigenvalue weighted by Crippen LogP contribution is -2.56. The Kier molecular flexibility index (Phi) is 4.74. The smallest absolute Gasteiger partial charge is 0.326 e. The summed E-state index contributed by atoms with van der Waals surface area (Å²) in [4.78, 5) is 11.2. The fraction of sp³-hybridized carbons (Fsp3) is 0.917. The molecule has 4 heteroatoms. The van der Waals surface area contributed by atoms with Crippen molar-refractivity contribution in [1.29, 1.82) is 0 Å². The molecule has 1 saturated carbocycles. The van der Waals surface area contributed by atoms with Gasteiger partial charge in [0.05, 0.1) is 12.7 Å². The fourth-order valence-electron chi connectivity index (χ4n) is 2.14. The van der Waals surface area contributed by atoms with Gasteiger partial charge in [-0.25, -0.2) is 0 Å². The Balaban J connectivity index is 2.46. The molecule has 0 aromatic rings. The van der Waals surface area contributed by atoms with Crippen molar-refractivity contribution >= 4 is 5.97 Å². The number of aliphatic carboxylic acids is 1. The number of hydrogen-bond acceptors (Lipinski definition) is 3. The Hall–Kier alpha value is -0.610. The highest BCUT2D eigenvalue weighted by molar-refractivity contribution is 5.78. The molecule has 0 heterocycles. The molecule has 94 valence electrons. The van der Waals surface area contributed by atoms with Crippen LogP contribution in [0.4, 0.5) is 0 Å². The van der Waals surface area contributed by atoms with Gasteiger partial charge in [0.1, 0.15) is 5.54 Å². The second kappa shape index (κ2) is 5.64. The quantitative estimate of drug-likeness (QED) is 0.729. The van der Waals surface area contributed by atoms with Gasteiger partial charge in [0.25, 0.3) is 0 Å². The summed E-state index contributed by atoms with van der Waals surface area (Å²) >= 11 is 0. The Morgan fingerprint density at radius 1 is 1.50 bits per heavy atom. The number of ether oxygens (including phenoxy) is 1. The van der Waals surface area contributed by atoms with Crippen molar-refractivity contribution in [3.8, 4) is 0 Å². The summed E-state index contributed by atoms with van der Waals surface area (Å²) in [6.45, 7) is 5.81. The molecular weight excluding hydrogens is 206 g/mol. The van der Waals surface area contributed by atoms with Crippen LogP contribution in [0.2, 0.25) is 0 Å². The van der Waals surface area contributed by atoms with E-state index in [1.807, 2.05) is 13.8 Å². The molecule has 0 spiro atoms. The van der Waals surface area contributed by atoms with Crippen molar-refractivity contribution in [1.82, 2.24) is 5.32 Å². The van der Waals surface area contributed by atoms with Crippen LogP contribution in [0.3, 0.4) is 0 Å². The molecule has 0 aromatic heterocycles. The van der Waals surface area contributed by atoms with Crippen molar-refractivity contribution < 1.29 is 14.6 Å². The standard InChI is InChI=1S/C12H23NO3/c1-9(2)13-12(3,11(14)15)8-16-10-6-4-5-7-10/h9-10,13H,4-8H2,1-3H3,(H,14,15). The van der Waals surface area contributed by atoms with Gasteiger partial charge in [0, 0.05) is 6.04 Å². The molecule has 4 nitrogen and oxygen atoms in total. The van der Waals surface area contributed by atoms with Gasteiger partial charge < -0.3 is 9.84 Å². The first-order chi connectivity index (χ1) is 7.44. The van der Waals surface area contributed by atoms with E-state index < -0.39 is 11.5 Å². The number of hydrogen-bond donors (Lipinski definition) is 2. The van der Waals surface area contributed by atoms with Crippen LogP contribution in [0.25, 0.3) is 0 Å². The molecule has 1 aliphatic carbocycles. The summed E-state index contributed by atoms with van der Waals surface area (Å²) in [5, 5.41) is 12.3. The number of carbonyl (C=O) groups is 1. The maximum atomic E-state index is 11.2. The van der Waals surface area contributed by atoms with Crippen molar-refractivity contribution in [2.45, 2.75) is 64.1 Å². The van der Waals surface area contributed by atoms with Gasteiger partial charge in [-0.3, -0.25) is 10.1 Å². The molecule has 0 aliphatic heterocycles. The van der Waals surface area contributed by atoms with Crippen molar-refractivity contribution in [2.75, 3.05) is 6.61 Å². The van der Waals surface area contributed by atoms with E-state index in [1.165, 1.54) is 12.8 Å². The maximum absolute atomic E-state index is 11.2. The van der Waals surface area contributed by atoms with Gasteiger partial charge in [-0.15, -0.1) is 0 Å². The van der Waals surface area contributed by atoms with Crippen LogP contribution in [0.1, 0.15) is 46.5 Å². The minimum absolute atomic E-state index is 0.133. The topological polar surface area (TPSA) is 58.6 Å². The Morgan fingerprint density at radius 2 is 2.06 bits per heavy atom. The van der Waals surface area contributed by atoms with Crippen LogP contribution in [-0.2, 0) is 9.53 Å². The molecule has 1 rings (SSSR count). The summed E-state index contributed by atoms with van der Waals surface area (Å²) in [6.07, 6.45) is 4.79. The first kappa shape index (κ1) is 13.5. The van der Waals surface area contributed by atoms with E-state index in [2.05, 4.69) is 5.32 Å². The molecule has 0 bridgehead atoms. The van der Waals surface area contributed by atoms with E-state index in [1.54, 1.807) is 6.92 Å².